The van der Waals surface area contributed by atoms with Crippen LogP contribution in [-0.4, -0.2) is 51.0 Å². The van der Waals surface area contributed by atoms with Crippen LogP contribution < -0.4 is 5.32 Å². The van der Waals surface area contributed by atoms with Crippen LogP contribution >= 0.6 is 0 Å². The highest BCUT2D eigenvalue weighted by molar-refractivity contribution is 5.94. The fourth-order valence-electron chi connectivity index (χ4n) is 4.57. The molecule has 7 heteroatoms. The van der Waals surface area contributed by atoms with Gasteiger partial charge in [-0.05, 0) is 43.9 Å². The van der Waals surface area contributed by atoms with Crippen LogP contribution in [0.1, 0.15) is 68.3 Å². The molecule has 160 valence electrons. The van der Waals surface area contributed by atoms with Crippen molar-refractivity contribution in [1.29, 1.82) is 0 Å². The maximum atomic E-state index is 13.0. The van der Waals surface area contributed by atoms with Gasteiger partial charge in [-0.2, -0.15) is 5.10 Å². The zero-order chi connectivity index (χ0) is 20.8. The molecule has 1 saturated heterocycles. The minimum Gasteiger partial charge on any atom is -0.353 e. The van der Waals surface area contributed by atoms with E-state index in [1.807, 2.05) is 12.1 Å². The number of carbonyl (C=O) groups is 2. The summed E-state index contributed by atoms with van der Waals surface area (Å²) in [5, 5.41) is 10.4. The van der Waals surface area contributed by atoms with Gasteiger partial charge in [-0.15, -0.1) is 0 Å². The molecule has 1 aliphatic heterocycles. The zero-order valence-electron chi connectivity index (χ0n) is 17.5. The Morgan fingerprint density at radius 1 is 1.00 bits per heavy atom. The van der Waals surface area contributed by atoms with Gasteiger partial charge in [-0.1, -0.05) is 32.1 Å². The molecule has 0 radical (unpaired) electrons. The van der Waals surface area contributed by atoms with Crippen molar-refractivity contribution in [2.75, 3.05) is 13.1 Å². The molecule has 1 saturated carbocycles. The van der Waals surface area contributed by atoms with E-state index in [0.717, 1.165) is 36.9 Å². The standard InChI is InChI=1S/C23H31N5O2/c29-22(25-19-8-4-2-1-3-5-9-19)18-7-6-14-28(16-18)23(30)21-15-20(26-27-21)17-10-12-24-13-11-17/h10-13,15,18-19H,1-9,14,16H2,(H,25,29)(H,26,27). The molecular weight excluding hydrogens is 378 g/mol. The second-order valence-corrected chi connectivity index (χ2v) is 8.54. The number of carbonyl (C=O) groups excluding carboxylic acids is 2. The van der Waals surface area contributed by atoms with Crippen LogP contribution in [0.25, 0.3) is 11.3 Å². The van der Waals surface area contributed by atoms with Gasteiger partial charge in [-0.3, -0.25) is 19.7 Å². The highest BCUT2D eigenvalue weighted by Crippen LogP contribution is 2.22. The van der Waals surface area contributed by atoms with E-state index in [2.05, 4.69) is 20.5 Å². The molecule has 0 bridgehead atoms. The van der Waals surface area contributed by atoms with Gasteiger partial charge in [0.2, 0.25) is 5.91 Å². The summed E-state index contributed by atoms with van der Waals surface area (Å²) >= 11 is 0. The van der Waals surface area contributed by atoms with E-state index in [1.54, 1.807) is 23.4 Å². The summed E-state index contributed by atoms with van der Waals surface area (Å²) in [7, 11) is 0. The monoisotopic (exact) mass is 409 g/mol. The summed E-state index contributed by atoms with van der Waals surface area (Å²) in [4.78, 5) is 31.7. The molecule has 3 heterocycles. The Balaban J connectivity index is 1.35. The van der Waals surface area contributed by atoms with E-state index in [0.29, 0.717) is 24.8 Å². The second kappa shape index (κ2) is 9.87. The number of nitrogens with zero attached hydrogens (tertiary/aromatic N) is 3. The summed E-state index contributed by atoms with van der Waals surface area (Å²) < 4.78 is 0. The fraction of sp³-hybridized carbons (Fsp3) is 0.565. The largest absolute Gasteiger partial charge is 0.353 e. The predicted octanol–water partition coefficient (Wildman–Crippen LogP) is 3.55. The molecule has 2 N–H and O–H groups in total. The lowest BCUT2D eigenvalue weighted by Gasteiger charge is -2.33. The van der Waals surface area contributed by atoms with Gasteiger partial charge in [0.15, 0.2) is 0 Å². The first kappa shape index (κ1) is 20.6. The molecule has 1 atom stereocenters. The third-order valence-electron chi connectivity index (χ3n) is 6.32. The highest BCUT2D eigenvalue weighted by Gasteiger charge is 2.30. The van der Waals surface area contributed by atoms with E-state index >= 15 is 0 Å². The van der Waals surface area contributed by atoms with Crippen molar-refractivity contribution in [3.8, 4) is 11.3 Å². The predicted molar refractivity (Wildman–Crippen MR) is 115 cm³/mol. The first-order valence-corrected chi connectivity index (χ1v) is 11.3. The van der Waals surface area contributed by atoms with Crippen molar-refractivity contribution >= 4 is 11.8 Å². The summed E-state index contributed by atoms with van der Waals surface area (Å²) in [5.74, 6) is -0.109. The number of amides is 2. The van der Waals surface area contributed by atoms with Crippen LogP contribution in [0.5, 0.6) is 0 Å². The molecule has 0 aromatic carbocycles. The summed E-state index contributed by atoms with van der Waals surface area (Å²) in [6.45, 7) is 1.15. The fourth-order valence-corrected chi connectivity index (χ4v) is 4.57. The van der Waals surface area contributed by atoms with Crippen molar-refractivity contribution in [1.82, 2.24) is 25.4 Å². The number of hydrogen-bond donors (Lipinski definition) is 2. The van der Waals surface area contributed by atoms with E-state index in [9.17, 15) is 9.59 Å². The Kier molecular flexibility index (Phi) is 6.77. The summed E-state index contributed by atoms with van der Waals surface area (Å²) in [6, 6.07) is 5.79. The molecule has 7 nitrogen and oxygen atoms in total. The van der Waals surface area contributed by atoms with Gasteiger partial charge in [-0.25, -0.2) is 0 Å². The van der Waals surface area contributed by atoms with Crippen LogP contribution in [0.4, 0.5) is 0 Å². The number of hydrogen-bond acceptors (Lipinski definition) is 4. The Hall–Kier alpha value is -2.70. The van der Waals surface area contributed by atoms with Gasteiger partial charge in [0.05, 0.1) is 11.6 Å². The van der Waals surface area contributed by atoms with Gasteiger partial charge < -0.3 is 10.2 Å². The normalized spacial score (nSPS) is 20.9. The molecule has 0 spiro atoms. The molecule has 1 aliphatic carbocycles. The molecule has 4 rings (SSSR count). The quantitative estimate of drug-likeness (QED) is 0.808. The van der Waals surface area contributed by atoms with E-state index in [4.69, 9.17) is 0 Å². The number of rotatable bonds is 4. The SMILES string of the molecule is O=C(NC1CCCCCCC1)C1CCCN(C(=O)c2cc(-c3ccncc3)n[nH]2)C1. The molecule has 2 amide bonds. The smallest absolute Gasteiger partial charge is 0.271 e. The molecule has 1 unspecified atom stereocenters. The average molecular weight is 410 g/mol. The molecule has 2 aromatic rings. The second-order valence-electron chi connectivity index (χ2n) is 8.54. The van der Waals surface area contributed by atoms with E-state index in [-0.39, 0.29) is 17.7 Å². The third kappa shape index (κ3) is 5.07. The summed E-state index contributed by atoms with van der Waals surface area (Å²) in [6.07, 6.45) is 13.5. The molecule has 2 aliphatic rings. The summed E-state index contributed by atoms with van der Waals surface area (Å²) in [5.41, 5.74) is 2.09. The number of pyridine rings is 1. The van der Waals surface area contributed by atoms with E-state index in [1.165, 1.54) is 32.1 Å². The topological polar surface area (TPSA) is 91.0 Å². The lowest BCUT2D eigenvalue weighted by Crippen LogP contribution is -2.47. The minimum absolute atomic E-state index is 0.0914. The Morgan fingerprint density at radius 2 is 1.73 bits per heavy atom. The first-order valence-electron chi connectivity index (χ1n) is 11.3. The van der Waals surface area contributed by atoms with Crippen molar-refractivity contribution in [2.45, 2.75) is 63.8 Å². The Bertz CT molecular complexity index is 842. The first-order chi connectivity index (χ1) is 14.7. The van der Waals surface area contributed by atoms with Gasteiger partial charge in [0.1, 0.15) is 5.69 Å². The minimum atomic E-state index is -0.129. The van der Waals surface area contributed by atoms with Crippen LogP contribution in [-0.2, 0) is 4.79 Å². The van der Waals surface area contributed by atoms with E-state index < -0.39 is 0 Å². The highest BCUT2D eigenvalue weighted by atomic mass is 16.2. The van der Waals surface area contributed by atoms with Gasteiger partial charge in [0, 0.05) is 37.1 Å². The molecule has 2 aromatic heterocycles. The average Bonchev–Trinajstić information content (AvgIpc) is 3.26. The van der Waals surface area contributed by atoms with Crippen LogP contribution in [0, 0.1) is 5.92 Å². The van der Waals surface area contributed by atoms with Gasteiger partial charge in [0.25, 0.3) is 5.91 Å². The Labute approximate surface area is 177 Å². The van der Waals surface area contributed by atoms with Crippen molar-refractivity contribution in [2.24, 2.45) is 5.92 Å². The van der Waals surface area contributed by atoms with Gasteiger partial charge >= 0.3 is 0 Å². The number of nitrogens with one attached hydrogen (secondary N) is 2. The number of aromatic amines is 1. The number of H-pyrrole nitrogens is 1. The molecule has 2 fully saturated rings. The number of aromatic nitrogens is 3. The van der Waals surface area contributed by atoms with Crippen molar-refractivity contribution in [3.05, 3.63) is 36.3 Å². The Morgan fingerprint density at radius 3 is 2.50 bits per heavy atom. The molecule has 30 heavy (non-hydrogen) atoms. The van der Waals surface area contributed by atoms with Crippen LogP contribution in [0.2, 0.25) is 0 Å². The maximum absolute atomic E-state index is 13.0. The van der Waals surface area contributed by atoms with Crippen LogP contribution in [0.15, 0.2) is 30.6 Å². The van der Waals surface area contributed by atoms with Crippen molar-refractivity contribution < 1.29 is 9.59 Å². The lowest BCUT2D eigenvalue weighted by molar-refractivity contribution is -0.127. The number of piperidine rings is 1. The maximum Gasteiger partial charge on any atom is 0.271 e. The van der Waals surface area contributed by atoms with Crippen molar-refractivity contribution in [3.63, 3.8) is 0 Å². The third-order valence-corrected chi connectivity index (χ3v) is 6.32. The van der Waals surface area contributed by atoms with Crippen LogP contribution in [0.3, 0.4) is 0 Å². The lowest BCUT2D eigenvalue weighted by atomic mass is 9.93. The number of likely N-dealkylation sites (tertiary alicyclic amines) is 1. The zero-order valence-corrected chi connectivity index (χ0v) is 17.5. The molecular formula is C23H31N5O2.